The van der Waals surface area contributed by atoms with E-state index in [1.165, 1.54) is 0 Å². The summed E-state index contributed by atoms with van der Waals surface area (Å²) in [6.45, 7) is 9.42. The number of hydrogen-bond acceptors (Lipinski definition) is 2. The van der Waals surface area contributed by atoms with E-state index in [0.717, 1.165) is 41.3 Å². The van der Waals surface area contributed by atoms with Gasteiger partial charge in [0.15, 0.2) is 0 Å². The van der Waals surface area contributed by atoms with Gasteiger partial charge in [0.25, 0.3) is 0 Å². The predicted octanol–water partition coefficient (Wildman–Crippen LogP) is 1.82. The molecule has 22 heavy (non-hydrogen) atoms. The average molecular weight is 361 g/mol. The standard InChI is InChI=1S/C16H20Cl2N3.ClH/c1-4-21(5-2,6-3)16-19-10-9-15(20-16)12-7-8-13(17)14(18)11-12;/h7-11H,4-6H2,1-3H3;1H/q+1;/p-1. The number of aromatic nitrogens is 2. The lowest BCUT2D eigenvalue weighted by molar-refractivity contribution is -0.00000439. The molecular weight excluding hydrogens is 341 g/mol. The van der Waals surface area contributed by atoms with Crippen molar-refractivity contribution in [3.8, 4) is 11.3 Å². The third-order valence-electron chi connectivity index (χ3n) is 4.10. The van der Waals surface area contributed by atoms with E-state index in [1.807, 2.05) is 24.4 Å². The van der Waals surface area contributed by atoms with Gasteiger partial charge in [-0.1, -0.05) is 29.3 Å². The molecule has 0 aliphatic rings. The molecule has 6 heteroatoms. The van der Waals surface area contributed by atoms with Gasteiger partial charge in [-0.2, -0.15) is 9.97 Å². The van der Waals surface area contributed by atoms with Gasteiger partial charge in [-0.15, -0.1) is 0 Å². The van der Waals surface area contributed by atoms with E-state index in [9.17, 15) is 0 Å². The monoisotopic (exact) mass is 359 g/mol. The lowest BCUT2D eigenvalue weighted by Gasteiger charge is -2.32. The van der Waals surface area contributed by atoms with Gasteiger partial charge in [0.1, 0.15) is 0 Å². The van der Waals surface area contributed by atoms with Gasteiger partial charge in [-0.25, -0.2) is 0 Å². The van der Waals surface area contributed by atoms with Crippen LogP contribution in [0.5, 0.6) is 0 Å². The highest BCUT2D eigenvalue weighted by molar-refractivity contribution is 6.42. The summed E-state index contributed by atoms with van der Waals surface area (Å²) >= 11 is 12.1. The van der Waals surface area contributed by atoms with Gasteiger partial charge >= 0.3 is 5.95 Å². The molecule has 0 saturated carbocycles. The SMILES string of the molecule is CC[N+](CC)(CC)c1nccc(-c2ccc(Cl)c(Cl)c2)n1.[Cl-]. The molecule has 0 unspecified atom stereocenters. The number of nitrogens with zero attached hydrogens (tertiary/aromatic N) is 3. The summed E-state index contributed by atoms with van der Waals surface area (Å²) in [4.78, 5) is 9.25. The third-order valence-corrected chi connectivity index (χ3v) is 4.84. The second-order valence-electron chi connectivity index (χ2n) is 4.96. The fourth-order valence-electron chi connectivity index (χ4n) is 2.49. The van der Waals surface area contributed by atoms with Gasteiger partial charge in [-0.3, -0.25) is 4.48 Å². The minimum absolute atomic E-state index is 0. The number of hydrogen-bond donors (Lipinski definition) is 0. The summed E-state index contributed by atoms with van der Waals surface area (Å²) in [5, 5.41) is 1.09. The van der Waals surface area contributed by atoms with Crippen molar-refractivity contribution in [3.05, 3.63) is 40.5 Å². The molecule has 1 heterocycles. The van der Waals surface area contributed by atoms with Crippen LogP contribution < -0.4 is 16.9 Å². The van der Waals surface area contributed by atoms with E-state index in [2.05, 4.69) is 25.8 Å². The Hall–Kier alpha value is -0.870. The zero-order valence-corrected chi connectivity index (χ0v) is 15.3. The fraction of sp³-hybridized carbons (Fsp3) is 0.375. The first-order valence-electron chi connectivity index (χ1n) is 7.21. The first kappa shape index (κ1) is 19.2. The minimum Gasteiger partial charge on any atom is -1.00 e. The smallest absolute Gasteiger partial charge is 0.329 e. The normalized spacial score (nSPS) is 11.1. The molecule has 0 radical (unpaired) electrons. The van der Waals surface area contributed by atoms with Gasteiger partial charge in [0.05, 0.1) is 35.4 Å². The largest absolute Gasteiger partial charge is 1.00 e. The van der Waals surface area contributed by atoms with Gasteiger partial charge in [0.2, 0.25) is 0 Å². The minimum atomic E-state index is 0. The predicted molar refractivity (Wildman–Crippen MR) is 90.9 cm³/mol. The topological polar surface area (TPSA) is 25.8 Å². The second kappa shape index (κ2) is 8.11. The van der Waals surface area contributed by atoms with E-state index in [0.29, 0.717) is 10.0 Å². The van der Waals surface area contributed by atoms with E-state index < -0.39 is 0 Å². The van der Waals surface area contributed by atoms with Crippen LogP contribution in [0.15, 0.2) is 30.5 Å². The first-order valence-corrected chi connectivity index (χ1v) is 7.97. The van der Waals surface area contributed by atoms with E-state index in [4.69, 9.17) is 28.2 Å². The maximum Gasteiger partial charge on any atom is 0.329 e. The highest BCUT2D eigenvalue weighted by Gasteiger charge is 2.28. The molecule has 1 aromatic carbocycles. The van der Waals surface area contributed by atoms with E-state index in [1.54, 1.807) is 6.07 Å². The molecule has 2 rings (SSSR count). The number of halogens is 3. The van der Waals surface area contributed by atoms with Crippen molar-refractivity contribution >= 4 is 29.2 Å². The molecule has 0 aliphatic carbocycles. The summed E-state index contributed by atoms with van der Waals surface area (Å²) in [5.74, 6) is 0.853. The summed E-state index contributed by atoms with van der Waals surface area (Å²) < 4.78 is 0.773. The molecular formula is C16H20Cl3N3. The molecule has 1 aromatic heterocycles. The summed E-state index contributed by atoms with van der Waals surface area (Å²) in [6.07, 6.45) is 1.81. The molecule has 0 aliphatic heterocycles. The molecule has 0 bridgehead atoms. The molecule has 0 fully saturated rings. The van der Waals surface area contributed by atoms with Crippen LogP contribution in [0.25, 0.3) is 11.3 Å². The van der Waals surface area contributed by atoms with Crippen molar-refractivity contribution in [2.24, 2.45) is 0 Å². The molecule has 120 valence electrons. The van der Waals surface area contributed by atoms with Crippen molar-refractivity contribution in [1.82, 2.24) is 14.5 Å². The molecule has 0 amide bonds. The van der Waals surface area contributed by atoms with Crippen LogP contribution in [0.3, 0.4) is 0 Å². The lowest BCUT2D eigenvalue weighted by atomic mass is 10.1. The van der Waals surface area contributed by atoms with Crippen LogP contribution in [0, 0.1) is 0 Å². The van der Waals surface area contributed by atoms with Crippen LogP contribution >= 0.6 is 23.2 Å². The summed E-state index contributed by atoms with van der Waals surface area (Å²) in [6, 6.07) is 7.47. The third kappa shape index (κ3) is 3.72. The average Bonchev–Trinajstić information content (AvgIpc) is 2.53. The van der Waals surface area contributed by atoms with Crippen molar-refractivity contribution < 1.29 is 12.4 Å². The Balaban J connectivity index is 0.00000242. The number of benzene rings is 1. The van der Waals surface area contributed by atoms with Gasteiger partial charge in [0, 0.05) is 11.8 Å². The van der Waals surface area contributed by atoms with Crippen LogP contribution in [0.1, 0.15) is 20.8 Å². The van der Waals surface area contributed by atoms with Crippen molar-refractivity contribution in [2.45, 2.75) is 20.8 Å². The van der Waals surface area contributed by atoms with Crippen LogP contribution in [0.4, 0.5) is 5.95 Å². The van der Waals surface area contributed by atoms with Gasteiger partial charge < -0.3 is 12.4 Å². The number of rotatable bonds is 5. The van der Waals surface area contributed by atoms with Crippen molar-refractivity contribution in [1.29, 1.82) is 0 Å². The first-order chi connectivity index (χ1) is 10.1. The van der Waals surface area contributed by atoms with Crippen LogP contribution in [0.2, 0.25) is 10.0 Å². The molecule has 0 atom stereocenters. The van der Waals surface area contributed by atoms with Crippen LogP contribution in [-0.4, -0.2) is 29.6 Å². The maximum atomic E-state index is 6.10. The van der Waals surface area contributed by atoms with Gasteiger partial charge in [-0.05, 0) is 39.0 Å². The van der Waals surface area contributed by atoms with Crippen molar-refractivity contribution in [2.75, 3.05) is 19.6 Å². The highest BCUT2D eigenvalue weighted by Crippen LogP contribution is 2.28. The van der Waals surface area contributed by atoms with E-state index in [-0.39, 0.29) is 12.4 Å². The Morgan fingerprint density at radius 2 is 1.59 bits per heavy atom. The fourth-order valence-corrected chi connectivity index (χ4v) is 2.79. The molecule has 3 nitrogen and oxygen atoms in total. The second-order valence-corrected chi connectivity index (χ2v) is 5.78. The van der Waals surface area contributed by atoms with Crippen molar-refractivity contribution in [3.63, 3.8) is 0 Å². The lowest BCUT2D eigenvalue weighted by Crippen LogP contribution is -3.00. The highest BCUT2D eigenvalue weighted by atomic mass is 35.5. The zero-order chi connectivity index (χ0) is 15.5. The summed E-state index contributed by atoms with van der Waals surface area (Å²) in [7, 11) is 0. The molecule has 0 saturated heterocycles. The Bertz CT molecular complexity index is 620. The maximum absolute atomic E-state index is 6.10. The number of quaternary nitrogens is 1. The molecule has 2 aromatic rings. The Labute approximate surface area is 148 Å². The molecule has 0 spiro atoms. The van der Waals surface area contributed by atoms with E-state index >= 15 is 0 Å². The molecule has 0 N–H and O–H groups in total. The zero-order valence-electron chi connectivity index (χ0n) is 13.0. The summed E-state index contributed by atoms with van der Waals surface area (Å²) in [5.41, 5.74) is 1.82. The van der Waals surface area contributed by atoms with Crippen LogP contribution in [-0.2, 0) is 0 Å². The Kier molecular flexibility index (Phi) is 7.07. The Morgan fingerprint density at radius 1 is 0.955 bits per heavy atom. The quantitative estimate of drug-likeness (QED) is 0.760. The Morgan fingerprint density at radius 3 is 2.14 bits per heavy atom.